The van der Waals surface area contributed by atoms with Gasteiger partial charge < -0.3 is 5.32 Å². The Morgan fingerprint density at radius 3 is 3.06 bits per heavy atom. The van der Waals surface area contributed by atoms with E-state index in [4.69, 9.17) is 0 Å². The van der Waals surface area contributed by atoms with E-state index < -0.39 is 0 Å². The highest BCUT2D eigenvalue weighted by Crippen LogP contribution is 2.38. The smallest absolute Gasteiger partial charge is 0.125 e. The van der Waals surface area contributed by atoms with Crippen molar-refractivity contribution in [1.82, 2.24) is 0 Å². The molecule has 1 aromatic heterocycles. The normalized spacial score (nSPS) is 18.4. The van der Waals surface area contributed by atoms with Crippen LogP contribution in [0.5, 0.6) is 0 Å². The molecule has 1 aliphatic carbocycles. The molecule has 1 aromatic carbocycles. The number of aryl methyl sites for hydroxylation is 1. The molecule has 2 aromatic rings. The van der Waals surface area contributed by atoms with Crippen molar-refractivity contribution in [2.45, 2.75) is 25.3 Å². The van der Waals surface area contributed by atoms with Crippen molar-refractivity contribution < 1.29 is 4.39 Å². The number of hydrogen-bond acceptors (Lipinski definition) is 2. The van der Waals surface area contributed by atoms with Crippen LogP contribution in [0.1, 0.15) is 29.3 Å². The second-order valence-electron chi connectivity index (χ2n) is 4.53. The Bertz CT molecular complexity index is 567. The first kappa shape index (κ1) is 12.4. The largest absolute Gasteiger partial charge is 0.378 e. The van der Waals surface area contributed by atoms with Gasteiger partial charge in [-0.1, -0.05) is 6.07 Å². The third kappa shape index (κ3) is 2.54. The lowest BCUT2D eigenvalue weighted by Gasteiger charge is -2.24. The maximum Gasteiger partial charge on any atom is 0.125 e. The van der Waals surface area contributed by atoms with Crippen molar-refractivity contribution >= 4 is 39.6 Å². The Morgan fingerprint density at radius 1 is 1.33 bits per heavy atom. The fourth-order valence-electron chi connectivity index (χ4n) is 2.45. The molecule has 1 N–H and O–H groups in total. The van der Waals surface area contributed by atoms with Gasteiger partial charge in [-0.05, 0) is 71.7 Å². The van der Waals surface area contributed by atoms with Crippen LogP contribution in [0.3, 0.4) is 0 Å². The van der Waals surface area contributed by atoms with E-state index >= 15 is 0 Å². The molecule has 0 aliphatic heterocycles. The molecule has 3 rings (SSSR count). The number of hydrogen-bond donors (Lipinski definition) is 1. The Morgan fingerprint density at radius 2 is 2.22 bits per heavy atom. The summed E-state index contributed by atoms with van der Waals surface area (Å²) in [6.07, 6.45) is 3.51. The van der Waals surface area contributed by atoms with Crippen molar-refractivity contribution in [1.29, 1.82) is 0 Å². The van der Waals surface area contributed by atoms with Gasteiger partial charge in [0.15, 0.2) is 0 Å². The maximum atomic E-state index is 13.2. The first-order valence-electron chi connectivity index (χ1n) is 6.02. The summed E-state index contributed by atoms with van der Waals surface area (Å²) in [7, 11) is 0. The number of rotatable bonds is 2. The Hall–Kier alpha value is -0.620. The summed E-state index contributed by atoms with van der Waals surface area (Å²) in [6.45, 7) is 0. The lowest BCUT2D eigenvalue weighted by molar-refractivity contribution is 0.605. The minimum Gasteiger partial charge on any atom is -0.378 e. The standard InChI is InChI=1S/C14H13FINS/c15-9-3-1-4-10(7-9)17-12-5-2-6-13-11(12)8-14(16)18-13/h1,3-4,7-8,12,17H,2,5-6H2. The highest BCUT2D eigenvalue weighted by molar-refractivity contribution is 14.1. The molecule has 1 unspecified atom stereocenters. The number of nitrogens with one attached hydrogen (secondary N) is 1. The van der Waals surface area contributed by atoms with Crippen LogP contribution in [0.25, 0.3) is 0 Å². The van der Waals surface area contributed by atoms with Gasteiger partial charge >= 0.3 is 0 Å². The van der Waals surface area contributed by atoms with Crippen LogP contribution in [-0.2, 0) is 6.42 Å². The van der Waals surface area contributed by atoms with Crippen molar-refractivity contribution in [3.8, 4) is 0 Å². The fourth-order valence-corrected chi connectivity index (χ4v) is 4.57. The fraction of sp³-hybridized carbons (Fsp3) is 0.286. The molecule has 0 bridgehead atoms. The zero-order valence-electron chi connectivity index (χ0n) is 9.75. The van der Waals surface area contributed by atoms with E-state index in [9.17, 15) is 4.39 Å². The summed E-state index contributed by atoms with van der Waals surface area (Å²) in [5.74, 6) is -0.184. The summed E-state index contributed by atoms with van der Waals surface area (Å²) in [5.41, 5.74) is 2.27. The monoisotopic (exact) mass is 373 g/mol. The molecule has 1 heterocycles. The molecule has 0 radical (unpaired) electrons. The molecule has 1 atom stereocenters. The van der Waals surface area contributed by atoms with E-state index in [1.165, 1.54) is 32.2 Å². The van der Waals surface area contributed by atoms with Crippen LogP contribution in [-0.4, -0.2) is 0 Å². The van der Waals surface area contributed by atoms with Gasteiger partial charge in [0.25, 0.3) is 0 Å². The lowest BCUT2D eigenvalue weighted by atomic mass is 9.94. The van der Waals surface area contributed by atoms with Crippen molar-refractivity contribution in [2.75, 3.05) is 5.32 Å². The minimum atomic E-state index is -0.184. The molecule has 0 saturated carbocycles. The Labute approximate surface area is 124 Å². The molecule has 0 amide bonds. The van der Waals surface area contributed by atoms with Gasteiger partial charge in [-0.2, -0.15) is 0 Å². The van der Waals surface area contributed by atoms with Crippen molar-refractivity contribution in [3.63, 3.8) is 0 Å². The summed E-state index contributed by atoms with van der Waals surface area (Å²) < 4.78 is 14.5. The number of thiophene rings is 1. The van der Waals surface area contributed by atoms with E-state index in [2.05, 4.69) is 34.0 Å². The molecule has 4 heteroatoms. The van der Waals surface area contributed by atoms with E-state index in [-0.39, 0.29) is 5.82 Å². The molecule has 0 saturated heterocycles. The first-order valence-corrected chi connectivity index (χ1v) is 7.92. The van der Waals surface area contributed by atoms with Crippen molar-refractivity contribution in [3.05, 3.63) is 49.5 Å². The van der Waals surface area contributed by atoms with Crippen LogP contribution in [0.15, 0.2) is 30.3 Å². The molecule has 0 spiro atoms. The predicted molar refractivity (Wildman–Crippen MR) is 82.7 cm³/mol. The minimum absolute atomic E-state index is 0.184. The van der Waals surface area contributed by atoms with Crippen LogP contribution in [0.2, 0.25) is 0 Å². The van der Waals surface area contributed by atoms with Crippen LogP contribution < -0.4 is 5.32 Å². The zero-order valence-corrected chi connectivity index (χ0v) is 12.7. The summed E-state index contributed by atoms with van der Waals surface area (Å²) in [4.78, 5) is 1.49. The highest BCUT2D eigenvalue weighted by Gasteiger charge is 2.22. The van der Waals surface area contributed by atoms with Gasteiger partial charge in [0.1, 0.15) is 5.82 Å². The topological polar surface area (TPSA) is 12.0 Å². The molecule has 94 valence electrons. The first-order chi connectivity index (χ1) is 8.72. The van der Waals surface area contributed by atoms with E-state index in [0.717, 1.165) is 12.1 Å². The van der Waals surface area contributed by atoms with Gasteiger partial charge in [-0.3, -0.25) is 0 Å². The molecular formula is C14H13FINS. The maximum absolute atomic E-state index is 13.2. The lowest BCUT2D eigenvalue weighted by Crippen LogP contribution is -2.15. The Kier molecular flexibility index (Phi) is 3.56. The highest BCUT2D eigenvalue weighted by atomic mass is 127. The predicted octanol–water partition coefficient (Wildman–Crippen LogP) is 4.98. The van der Waals surface area contributed by atoms with Gasteiger partial charge in [-0.25, -0.2) is 4.39 Å². The van der Waals surface area contributed by atoms with E-state index in [1.807, 2.05) is 17.4 Å². The van der Waals surface area contributed by atoms with E-state index in [0.29, 0.717) is 6.04 Å². The van der Waals surface area contributed by atoms with Gasteiger partial charge in [0.2, 0.25) is 0 Å². The van der Waals surface area contributed by atoms with Crippen LogP contribution >= 0.6 is 33.9 Å². The van der Waals surface area contributed by atoms with Crippen molar-refractivity contribution in [2.24, 2.45) is 0 Å². The molecule has 1 nitrogen and oxygen atoms in total. The third-order valence-electron chi connectivity index (χ3n) is 3.25. The number of anilines is 1. The number of benzene rings is 1. The molecular weight excluding hydrogens is 360 g/mol. The third-order valence-corrected chi connectivity index (χ3v) is 5.22. The van der Waals surface area contributed by atoms with Gasteiger partial charge in [0, 0.05) is 10.6 Å². The van der Waals surface area contributed by atoms with Crippen LogP contribution in [0.4, 0.5) is 10.1 Å². The Balaban J connectivity index is 1.86. The number of fused-ring (bicyclic) bond motifs is 1. The van der Waals surface area contributed by atoms with Crippen LogP contribution in [0, 0.1) is 8.70 Å². The molecule has 0 fully saturated rings. The summed E-state index contributed by atoms with van der Waals surface area (Å²) in [6, 6.07) is 9.30. The van der Waals surface area contributed by atoms with Gasteiger partial charge in [0.05, 0.1) is 8.93 Å². The average molecular weight is 373 g/mol. The quantitative estimate of drug-likeness (QED) is 0.732. The molecule has 18 heavy (non-hydrogen) atoms. The zero-order chi connectivity index (χ0) is 12.5. The van der Waals surface area contributed by atoms with Gasteiger partial charge in [-0.15, -0.1) is 11.3 Å². The average Bonchev–Trinajstić information content (AvgIpc) is 2.71. The summed E-state index contributed by atoms with van der Waals surface area (Å²) in [5, 5.41) is 3.45. The van der Waals surface area contributed by atoms with E-state index in [1.54, 1.807) is 12.1 Å². The SMILES string of the molecule is Fc1cccc(NC2CCCc3sc(I)cc32)c1. The second-order valence-corrected chi connectivity index (χ2v) is 7.56. The second kappa shape index (κ2) is 5.17. The molecule has 1 aliphatic rings. The number of halogens is 2. The summed E-state index contributed by atoms with van der Waals surface area (Å²) >= 11 is 4.26.